The lowest BCUT2D eigenvalue weighted by Crippen LogP contribution is -2.50. The molecule has 28 heavy (non-hydrogen) atoms. The summed E-state index contributed by atoms with van der Waals surface area (Å²) < 4.78 is 26.8. The lowest BCUT2D eigenvalue weighted by atomic mass is 10.0. The van der Waals surface area contributed by atoms with Crippen LogP contribution < -0.4 is 0 Å². The summed E-state index contributed by atoms with van der Waals surface area (Å²) in [6.07, 6.45) is 0. The Labute approximate surface area is 160 Å². The molecule has 0 bridgehead atoms. The number of hydrogen-bond donors (Lipinski definition) is 1. The summed E-state index contributed by atoms with van der Waals surface area (Å²) in [7, 11) is 0. The van der Waals surface area contributed by atoms with Crippen LogP contribution in [0.3, 0.4) is 0 Å². The van der Waals surface area contributed by atoms with Crippen molar-refractivity contribution in [2.45, 2.75) is 6.92 Å². The van der Waals surface area contributed by atoms with Crippen LogP contribution in [0.2, 0.25) is 0 Å². The number of carboxylic acid groups (broad SMARTS) is 1. The van der Waals surface area contributed by atoms with Crippen molar-refractivity contribution >= 4 is 17.8 Å². The number of benzene rings is 2. The number of amides is 2. The van der Waals surface area contributed by atoms with Gasteiger partial charge in [0.05, 0.1) is 11.1 Å². The molecule has 3 rings (SSSR count). The molecule has 6 nitrogen and oxygen atoms in total. The van der Waals surface area contributed by atoms with Gasteiger partial charge in [-0.1, -0.05) is 0 Å². The van der Waals surface area contributed by atoms with Crippen molar-refractivity contribution in [2.24, 2.45) is 0 Å². The zero-order valence-electron chi connectivity index (χ0n) is 15.1. The number of carboxylic acids is 1. The quantitative estimate of drug-likeness (QED) is 0.877. The summed E-state index contributed by atoms with van der Waals surface area (Å²) in [5.74, 6) is -3.69. The van der Waals surface area contributed by atoms with Crippen LogP contribution in [0.25, 0.3) is 0 Å². The second kappa shape index (κ2) is 7.75. The van der Waals surface area contributed by atoms with Gasteiger partial charge in [0.25, 0.3) is 11.8 Å². The van der Waals surface area contributed by atoms with E-state index in [9.17, 15) is 23.2 Å². The Morgan fingerprint density at radius 1 is 0.857 bits per heavy atom. The molecule has 2 aromatic rings. The minimum atomic E-state index is -1.12. The van der Waals surface area contributed by atoms with Crippen molar-refractivity contribution in [1.29, 1.82) is 0 Å². The van der Waals surface area contributed by atoms with Crippen LogP contribution in [-0.4, -0.2) is 58.9 Å². The molecule has 2 aromatic carbocycles. The maximum atomic E-state index is 13.8. The smallest absolute Gasteiger partial charge is 0.335 e. The molecule has 0 radical (unpaired) electrons. The Morgan fingerprint density at radius 3 is 2.00 bits per heavy atom. The molecule has 0 atom stereocenters. The third-order valence-electron chi connectivity index (χ3n) is 4.59. The lowest BCUT2D eigenvalue weighted by Gasteiger charge is -2.35. The normalized spacial score (nSPS) is 14.1. The topological polar surface area (TPSA) is 77.9 Å². The highest BCUT2D eigenvalue weighted by Crippen LogP contribution is 2.17. The van der Waals surface area contributed by atoms with Crippen LogP contribution in [0.1, 0.15) is 36.6 Å². The maximum absolute atomic E-state index is 13.8. The number of aromatic carboxylic acids is 1. The molecule has 0 aliphatic carbocycles. The van der Waals surface area contributed by atoms with E-state index in [1.807, 2.05) is 0 Å². The number of piperazine rings is 1. The number of carbonyl (C=O) groups is 3. The van der Waals surface area contributed by atoms with Gasteiger partial charge in [-0.2, -0.15) is 0 Å². The van der Waals surface area contributed by atoms with Gasteiger partial charge in [0.15, 0.2) is 0 Å². The van der Waals surface area contributed by atoms with E-state index in [4.69, 9.17) is 5.11 Å². The highest BCUT2D eigenvalue weighted by Gasteiger charge is 2.27. The van der Waals surface area contributed by atoms with E-state index in [1.165, 1.54) is 21.9 Å². The molecule has 1 N–H and O–H groups in total. The summed E-state index contributed by atoms with van der Waals surface area (Å²) in [5.41, 5.74) is 0.737. The molecule has 0 saturated carbocycles. The average Bonchev–Trinajstić information content (AvgIpc) is 2.66. The minimum absolute atomic E-state index is 0.0314. The van der Waals surface area contributed by atoms with Gasteiger partial charge in [0, 0.05) is 37.8 Å². The van der Waals surface area contributed by atoms with Crippen LogP contribution >= 0.6 is 0 Å². The molecule has 1 aliphatic heterocycles. The SMILES string of the molecule is Cc1cc(C(=O)O)cc(C(=O)N2CCN(C(=O)c3ccc(F)cc3F)CC2)c1. The van der Waals surface area contributed by atoms with E-state index in [0.717, 1.165) is 12.1 Å². The fourth-order valence-corrected chi connectivity index (χ4v) is 3.16. The summed E-state index contributed by atoms with van der Waals surface area (Å²) in [4.78, 5) is 39.2. The van der Waals surface area contributed by atoms with Crippen molar-refractivity contribution in [3.63, 3.8) is 0 Å². The second-order valence-electron chi connectivity index (χ2n) is 6.60. The van der Waals surface area contributed by atoms with Gasteiger partial charge < -0.3 is 14.9 Å². The summed E-state index contributed by atoms with van der Waals surface area (Å²) >= 11 is 0. The first-order chi connectivity index (χ1) is 13.3. The Kier molecular flexibility index (Phi) is 5.39. The fraction of sp³-hybridized carbons (Fsp3) is 0.250. The van der Waals surface area contributed by atoms with Crippen LogP contribution in [0.15, 0.2) is 36.4 Å². The Bertz CT molecular complexity index is 953. The first-order valence-electron chi connectivity index (χ1n) is 8.65. The summed E-state index contributed by atoms with van der Waals surface area (Å²) in [6.45, 7) is 2.54. The molecule has 1 saturated heterocycles. The average molecular weight is 388 g/mol. The predicted octanol–water partition coefficient (Wildman–Crippen LogP) is 2.57. The van der Waals surface area contributed by atoms with Crippen LogP contribution in [0, 0.1) is 18.6 Å². The molecule has 0 unspecified atom stereocenters. The van der Waals surface area contributed by atoms with E-state index in [1.54, 1.807) is 13.0 Å². The highest BCUT2D eigenvalue weighted by atomic mass is 19.1. The highest BCUT2D eigenvalue weighted by molar-refractivity contribution is 5.98. The molecule has 2 amide bonds. The van der Waals surface area contributed by atoms with Crippen LogP contribution in [0.5, 0.6) is 0 Å². The van der Waals surface area contributed by atoms with Crippen LogP contribution in [0.4, 0.5) is 8.78 Å². The third-order valence-corrected chi connectivity index (χ3v) is 4.59. The van der Waals surface area contributed by atoms with E-state index in [-0.39, 0.29) is 48.8 Å². The first-order valence-corrected chi connectivity index (χ1v) is 8.65. The molecular weight excluding hydrogens is 370 g/mol. The summed E-state index contributed by atoms with van der Waals surface area (Å²) in [5, 5.41) is 9.15. The maximum Gasteiger partial charge on any atom is 0.335 e. The van der Waals surface area contributed by atoms with Gasteiger partial charge in [0.2, 0.25) is 0 Å². The number of rotatable bonds is 3. The fourth-order valence-electron chi connectivity index (χ4n) is 3.16. The molecule has 0 aromatic heterocycles. The second-order valence-corrected chi connectivity index (χ2v) is 6.60. The van der Waals surface area contributed by atoms with Gasteiger partial charge in [-0.15, -0.1) is 0 Å². The molecule has 1 heterocycles. The van der Waals surface area contributed by atoms with E-state index in [2.05, 4.69) is 0 Å². The molecule has 146 valence electrons. The Hall–Kier alpha value is -3.29. The molecule has 8 heteroatoms. The first kappa shape index (κ1) is 19.5. The van der Waals surface area contributed by atoms with Gasteiger partial charge in [0.1, 0.15) is 11.6 Å². The van der Waals surface area contributed by atoms with E-state index >= 15 is 0 Å². The van der Waals surface area contributed by atoms with E-state index < -0.39 is 23.5 Å². The molecule has 1 fully saturated rings. The monoisotopic (exact) mass is 388 g/mol. The third kappa shape index (κ3) is 4.00. The zero-order valence-corrected chi connectivity index (χ0v) is 15.1. The molecular formula is C20H18F2N2O4. The standard InChI is InChI=1S/C20H18F2N2O4/c1-12-8-13(10-14(9-12)20(27)28)18(25)23-4-6-24(7-5-23)19(26)16-3-2-15(21)11-17(16)22/h2-3,8-11H,4-7H2,1H3,(H,27,28). The van der Waals surface area contributed by atoms with Crippen molar-refractivity contribution in [3.05, 3.63) is 70.3 Å². The van der Waals surface area contributed by atoms with Gasteiger partial charge in [-0.3, -0.25) is 9.59 Å². The van der Waals surface area contributed by atoms with Crippen molar-refractivity contribution in [3.8, 4) is 0 Å². The number of aryl methyl sites for hydroxylation is 1. The molecule has 1 aliphatic rings. The Balaban J connectivity index is 1.69. The van der Waals surface area contributed by atoms with Gasteiger partial charge in [-0.25, -0.2) is 13.6 Å². The van der Waals surface area contributed by atoms with Crippen molar-refractivity contribution in [2.75, 3.05) is 26.2 Å². The number of nitrogens with zero attached hydrogens (tertiary/aromatic N) is 2. The largest absolute Gasteiger partial charge is 0.478 e. The number of hydrogen-bond acceptors (Lipinski definition) is 3. The minimum Gasteiger partial charge on any atom is -0.478 e. The summed E-state index contributed by atoms with van der Waals surface area (Å²) in [6, 6.07) is 7.19. The van der Waals surface area contributed by atoms with Crippen molar-refractivity contribution < 1.29 is 28.3 Å². The van der Waals surface area contributed by atoms with Crippen molar-refractivity contribution in [1.82, 2.24) is 9.80 Å². The lowest BCUT2D eigenvalue weighted by molar-refractivity contribution is 0.0532. The van der Waals surface area contributed by atoms with E-state index in [0.29, 0.717) is 11.6 Å². The predicted molar refractivity (Wildman–Crippen MR) is 96.3 cm³/mol. The zero-order chi connectivity index (χ0) is 20.4. The molecule has 0 spiro atoms. The van der Waals surface area contributed by atoms with Gasteiger partial charge in [-0.05, 0) is 42.8 Å². The van der Waals surface area contributed by atoms with Gasteiger partial charge >= 0.3 is 5.97 Å². The Morgan fingerprint density at radius 2 is 1.43 bits per heavy atom. The van der Waals surface area contributed by atoms with Crippen LogP contribution in [-0.2, 0) is 0 Å². The number of halogens is 2. The number of carbonyl (C=O) groups excluding carboxylic acids is 2.